The van der Waals surface area contributed by atoms with Crippen molar-refractivity contribution in [1.82, 2.24) is 5.32 Å². The maximum Gasteiger partial charge on any atom is 0.404 e. The molecular weight excluding hydrogens is 204 g/mol. The topological polar surface area (TPSA) is 102 Å². The molecule has 1 aliphatic rings. The smallest absolute Gasteiger partial charge is 0.404 e. The molecule has 15 heavy (non-hydrogen) atoms. The highest BCUT2D eigenvalue weighted by molar-refractivity contribution is 5.64. The van der Waals surface area contributed by atoms with Gasteiger partial charge in [0.1, 0.15) is 5.60 Å². The molecule has 7 nitrogen and oxygen atoms in total. The van der Waals surface area contributed by atoms with Gasteiger partial charge in [0.05, 0.1) is 0 Å². The maximum atomic E-state index is 10.4. The van der Waals surface area contributed by atoms with Crippen LogP contribution in [0.1, 0.15) is 32.6 Å². The number of carbonyl (C=O) groups is 1. The van der Waals surface area contributed by atoms with E-state index in [0.717, 1.165) is 0 Å². The molecule has 1 fully saturated rings. The van der Waals surface area contributed by atoms with Crippen molar-refractivity contribution in [2.45, 2.75) is 44.2 Å². The van der Waals surface area contributed by atoms with Crippen molar-refractivity contribution in [2.24, 2.45) is 0 Å². The largest absolute Gasteiger partial charge is 0.465 e. The van der Waals surface area contributed by atoms with E-state index in [4.69, 9.17) is 5.11 Å². The van der Waals surface area contributed by atoms with Crippen LogP contribution in [-0.2, 0) is 4.84 Å². The minimum Gasteiger partial charge on any atom is -0.465 e. The number of nitrogens with zero attached hydrogens (tertiary/aromatic N) is 1. The number of nitrogens with one attached hydrogen (secondary N) is 1. The highest BCUT2D eigenvalue weighted by atomic mass is 17.0. The highest BCUT2D eigenvalue weighted by Gasteiger charge is 2.34. The molecule has 2 N–H and O–H groups in total. The molecule has 1 saturated carbocycles. The minimum atomic E-state index is -1.06. The molecule has 0 aromatic carbocycles. The van der Waals surface area contributed by atoms with Gasteiger partial charge in [0.2, 0.25) is 0 Å². The Morgan fingerprint density at radius 1 is 1.60 bits per heavy atom. The molecule has 0 bridgehead atoms. The van der Waals surface area contributed by atoms with E-state index >= 15 is 0 Å². The number of carboxylic acid groups (broad SMARTS) is 1. The zero-order chi connectivity index (χ0) is 11.5. The third kappa shape index (κ3) is 3.61. The standard InChI is InChI=1S/C8H14N2O5/c1-8(15-10(13)14)4-2-6(3-5-8)9-7(11)12/h6,9H,2-5H2,1H3,(H,11,12). The molecule has 0 atom stereocenters. The molecule has 0 aliphatic heterocycles. The highest BCUT2D eigenvalue weighted by Crippen LogP contribution is 2.31. The van der Waals surface area contributed by atoms with Crippen LogP contribution in [0.4, 0.5) is 4.79 Å². The Hall–Kier alpha value is -1.53. The normalized spacial score (nSPS) is 30.6. The van der Waals surface area contributed by atoms with Crippen LogP contribution in [0, 0.1) is 10.1 Å². The predicted molar refractivity (Wildman–Crippen MR) is 49.9 cm³/mol. The molecule has 1 rings (SSSR count). The molecular formula is C8H14N2O5. The Balaban J connectivity index is 2.40. The molecule has 7 heteroatoms. The summed E-state index contributed by atoms with van der Waals surface area (Å²) in [5, 5.41) is 20.3. The first-order valence-corrected chi connectivity index (χ1v) is 4.74. The van der Waals surface area contributed by atoms with Gasteiger partial charge in [-0.25, -0.2) is 4.79 Å². The lowest BCUT2D eigenvalue weighted by Crippen LogP contribution is -2.43. The molecule has 0 heterocycles. The SMILES string of the molecule is CC1(O[N+](=O)[O-])CCC(NC(=O)O)CC1. The van der Waals surface area contributed by atoms with Crippen molar-refractivity contribution in [2.75, 3.05) is 0 Å². The summed E-state index contributed by atoms with van der Waals surface area (Å²) in [6.45, 7) is 1.67. The van der Waals surface area contributed by atoms with Gasteiger partial charge in [-0.3, -0.25) is 0 Å². The van der Waals surface area contributed by atoms with E-state index in [1.165, 1.54) is 0 Å². The van der Waals surface area contributed by atoms with E-state index in [9.17, 15) is 14.9 Å². The molecule has 0 aromatic rings. The van der Waals surface area contributed by atoms with Crippen molar-refractivity contribution in [3.8, 4) is 0 Å². The van der Waals surface area contributed by atoms with Crippen molar-refractivity contribution in [3.05, 3.63) is 10.1 Å². The Morgan fingerprint density at radius 3 is 2.53 bits per heavy atom. The lowest BCUT2D eigenvalue weighted by molar-refractivity contribution is -0.781. The lowest BCUT2D eigenvalue weighted by atomic mass is 9.83. The fraction of sp³-hybridized carbons (Fsp3) is 0.875. The van der Waals surface area contributed by atoms with Crippen LogP contribution in [0.3, 0.4) is 0 Å². The van der Waals surface area contributed by atoms with E-state index in [1.54, 1.807) is 6.92 Å². The second-order valence-corrected chi connectivity index (χ2v) is 3.99. The summed E-state index contributed by atoms with van der Waals surface area (Å²) in [4.78, 5) is 25.1. The molecule has 0 saturated heterocycles. The van der Waals surface area contributed by atoms with E-state index in [0.29, 0.717) is 25.7 Å². The summed E-state index contributed by atoms with van der Waals surface area (Å²) in [5.41, 5.74) is -0.764. The summed E-state index contributed by atoms with van der Waals surface area (Å²) in [7, 11) is 0. The van der Waals surface area contributed by atoms with Gasteiger partial charge in [0.25, 0.3) is 5.09 Å². The van der Waals surface area contributed by atoms with Crippen molar-refractivity contribution < 1.29 is 19.8 Å². The van der Waals surface area contributed by atoms with Crippen LogP contribution in [0.15, 0.2) is 0 Å². The lowest BCUT2D eigenvalue weighted by Gasteiger charge is -2.34. The first-order chi connectivity index (χ1) is 6.91. The van der Waals surface area contributed by atoms with Crippen LogP contribution in [0.5, 0.6) is 0 Å². The van der Waals surface area contributed by atoms with Gasteiger partial charge in [0, 0.05) is 6.04 Å². The van der Waals surface area contributed by atoms with Crippen LogP contribution in [-0.4, -0.2) is 27.9 Å². The Morgan fingerprint density at radius 2 is 2.13 bits per heavy atom. The maximum absolute atomic E-state index is 10.4. The molecule has 0 spiro atoms. The summed E-state index contributed by atoms with van der Waals surface area (Å²) < 4.78 is 0. The van der Waals surface area contributed by atoms with E-state index in [2.05, 4.69) is 10.2 Å². The monoisotopic (exact) mass is 218 g/mol. The van der Waals surface area contributed by atoms with Crippen LogP contribution < -0.4 is 5.32 Å². The second kappa shape index (κ2) is 4.33. The van der Waals surface area contributed by atoms with Crippen molar-refractivity contribution in [3.63, 3.8) is 0 Å². The van der Waals surface area contributed by atoms with Gasteiger partial charge in [0.15, 0.2) is 0 Å². The first kappa shape index (κ1) is 11.5. The van der Waals surface area contributed by atoms with Crippen molar-refractivity contribution in [1.29, 1.82) is 0 Å². The zero-order valence-corrected chi connectivity index (χ0v) is 8.43. The van der Waals surface area contributed by atoms with Gasteiger partial charge in [-0.2, -0.15) is 0 Å². The fourth-order valence-electron chi connectivity index (χ4n) is 1.82. The molecule has 86 valence electrons. The summed E-state index contributed by atoms with van der Waals surface area (Å²) >= 11 is 0. The Kier molecular flexibility index (Phi) is 3.33. The van der Waals surface area contributed by atoms with E-state index in [-0.39, 0.29) is 6.04 Å². The summed E-state index contributed by atoms with van der Waals surface area (Å²) in [6, 6.07) is -0.120. The quantitative estimate of drug-likeness (QED) is 0.546. The summed E-state index contributed by atoms with van der Waals surface area (Å²) in [5.74, 6) is 0. The van der Waals surface area contributed by atoms with Gasteiger partial charge in [-0.1, -0.05) is 0 Å². The zero-order valence-electron chi connectivity index (χ0n) is 8.43. The van der Waals surface area contributed by atoms with Gasteiger partial charge >= 0.3 is 6.09 Å². The third-order valence-electron chi connectivity index (χ3n) is 2.67. The van der Waals surface area contributed by atoms with Crippen LogP contribution in [0.2, 0.25) is 0 Å². The van der Waals surface area contributed by atoms with E-state index < -0.39 is 16.8 Å². The predicted octanol–water partition coefficient (Wildman–Crippen LogP) is 1.16. The number of hydrogen-bond donors (Lipinski definition) is 2. The third-order valence-corrected chi connectivity index (χ3v) is 2.67. The molecule has 0 aromatic heterocycles. The Bertz CT molecular complexity index is 260. The van der Waals surface area contributed by atoms with Gasteiger partial charge < -0.3 is 15.3 Å². The molecule has 0 unspecified atom stereocenters. The van der Waals surface area contributed by atoms with Crippen molar-refractivity contribution >= 4 is 6.09 Å². The van der Waals surface area contributed by atoms with E-state index in [1.807, 2.05) is 0 Å². The average molecular weight is 218 g/mol. The van der Waals surface area contributed by atoms with Gasteiger partial charge in [-0.05, 0) is 32.6 Å². The molecule has 1 aliphatic carbocycles. The second-order valence-electron chi connectivity index (χ2n) is 3.99. The average Bonchev–Trinajstić information content (AvgIpc) is 2.07. The first-order valence-electron chi connectivity index (χ1n) is 4.74. The Labute approximate surface area is 86.5 Å². The fourth-order valence-corrected chi connectivity index (χ4v) is 1.82. The summed E-state index contributed by atoms with van der Waals surface area (Å²) in [6.07, 6.45) is 1.05. The number of rotatable bonds is 3. The number of amides is 1. The van der Waals surface area contributed by atoms with Crippen LogP contribution >= 0.6 is 0 Å². The van der Waals surface area contributed by atoms with Gasteiger partial charge in [-0.15, -0.1) is 10.1 Å². The molecule has 0 radical (unpaired) electrons. The van der Waals surface area contributed by atoms with Crippen LogP contribution in [0.25, 0.3) is 0 Å². The number of hydrogen-bond acceptors (Lipinski definition) is 4. The minimum absolute atomic E-state index is 0.120. The molecule has 1 amide bonds.